The lowest BCUT2D eigenvalue weighted by Gasteiger charge is -2.39. The van der Waals surface area contributed by atoms with E-state index in [1.54, 1.807) is 26.8 Å². The molecule has 186 valence electrons. The van der Waals surface area contributed by atoms with Gasteiger partial charge in [0.25, 0.3) is 0 Å². The number of rotatable bonds is 8. The zero-order valence-electron chi connectivity index (χ0n) is 21.5. The van der Waals surface area contributed by atoms with Crippen molar-refractivity contribution in [3.8, 4) is 0 Å². The van der Waals surface area contributed by atoms with Crippen LogP contribution < -0.4 is 10.6 Å². The summed E-state index contributed by atoms with van der Waals surface area (Å²) in [4.78, 5) is 40.9. The van der Waals surface area contributed by atoms with Crippen LogP contribution in [0.5, 0.6) is 0 Å². The van der Waals surface area contributed by atoms with E-state index >= 15 is 0 Å². The summed E-state index contributed by atoms with van der Waals surface area (Å²) in [7, 11) is 0. The summed E-state index contributed by atoms with van der Waals surface area (Å²) in [5.41, 5.74) is 0.317. The Kier molecular flexibility index (Phi) is 9.90. The second-order valence-electron chi connectivity index (χ2n) is 10.4. The first-order chi connectivity index (χ1) is 15.1. The van der Waals surface area contributed by atoms with Crippen molar-refractivity contribution in [3.63, 3.8) is 0 Å². The van der Waals surface area contributed by atoms with Gasteiger partial charge in [-0.15, -0.1) is 0 Å². The Bertz CT molecular complexity index is 826. The van der Waals surface area contributed by atoms with Gasteiger partial charge in [-0.2, -0.15) is 0 Å². The van der Waals surface area contributed by atoms with E-state index in [1.165, 1.54) is 4.90 Å². The minimum absolute atomic E-state index is 0.337. The van der Waals surface area contributed by atoms with E-state index in [9.17, 15) is 19.5 Å². The lowest BCUT2D eigenvalue weighted by atomic mass is 9.97. The number of ether oxygens (including phenoxy) is 1. The lowest BCUT2D eigenvalue weighted by molar-refractivity contribution is -0.146. The summed E-state index contributed by atoms with van der Waals surface area (Å²) in [5.74, 6) is -0.899. The fourth-order valence-corrected chi connectivity index (χ4v) is 3.33. The maximum atomic E-state index is 13.7. The molecule has 3 N–H and O–H groups in total. The number of aliphatic hydroxyl groups excluding tert-OH is 1. The average Bonchev–Trinajstić information content (AvgIpc) is 2.66. The van der Waals surface area contributed by atoms with E-state index < -0.39 is 41.8 Å². The predicted molar refractivity (Wildman–Crippen MR) is 129 cm³/mol. The Balaban J connectivity index is 3.46. The molecule has 0 fully saturated rings. The van der Waals surface area contributed by atoms with Crippen molar-refractivity contribution in [1.82, 2.24) is 15.5 Å². The Labute approximate surface area is 198 Å². The molecule has 1 aromatic carbocycles. The molecule has 1 rings (SSSR count). The first kappa shape index (κ1) is 28.4. The molecule has 1 aromatic rings. The normalized spacial score (nSPS) is 14.6. The van der Waals surface area contributed by atoms with Gasteiger partial charge < -0.3 is 25.4 Å². The van der Waals surface area contributed by atoms with Gasteiger partial charge in [0.1, 0.15) is 17.7 Å². The zero-order valence-corrected chi connectivity index (χ0v) is 21.5. The van der Waals surface area contributed by atoms with Crippen LogP contribution in [0.4, 0.5) is 4.79 Å². The van der Waals surface area contributed by atoms with Crippen LogP contribution in [0, 0.1) is 6.92 Å². The SMILES string of the molecule is CCC(C)N(C(=O)C(CO)NC(=O)OC(C)(C)C)C(C(=O)NC(C)(C)C)c1cccc(C)c1. The van der Waals surface area contributed by atoms with Gasteiger partial charge >= 0.3 is 6.09 Å². The summed E-state index contributed by atoms with van der Waals surface area (Å²) in [6.45, 7) is 15.8. The highest BCUT2D eigenvalue weighted by Gasteiger charge is 2.39. The molecule has 0 bridgehead atoms. The molecular weight excluding hydrogens is 422 g/mol. The van der Waals surface area contributed by atoms with E-state index in [0.717, 1.165) is 5.56 Å². The van der Waals surface area contributed by atoms with Gasteiger partial charge in [-0.25, -0.2) is 4.79 Å². The van der Waals surface area contributed by atoms with Crippen LogP contribution in [0.3, 0.4) is 0 Å². The van der Waals surface area contributed by atoms with E-state index in [2.05, 4.69) is 10.6 Å². The molecule has 0 aliphatic rings. The first-order valence-corrected chi connectivity index (χ1v) is 11.4. The minimum Gasteiger partial charge on any atom is -0.444 e. The molecule has 8 heteroatoms. The highest BCUT2D eigenvalue weighted by molar-refractivity contribution is 5.92. The molecule has 0 aromatic heterocycles. The van der Waals surface area contributed by atoms with Crippen LogP contribution in [0.2, 0.25) is 0 Å². The number of hydrogen-bond acceptors (Lipinski definition) is 5. The third kappa shape index (κ3) is 9.04. The lowest BCUT2D eigenvalue weighted by Crippen LogP contribution is -2.57. The molecule has 8 nitrogen and oxygen atoms in total. The fraction of sp³-hybridized carbons (Fsp3) is 0.640. The minimum atomic E-state index is -1.26. The number of aryl methyl sites for hydroxylation is 1. The number of carbonyl (C=O) groups excluding carboxylic acids is 3. The molecule has 33 heavy (non-hydrogen) atoms. The molecule has 0 saturated heterocycles. The quantitative estimate of drug-likeness (QED) is 0.547. The number of nitrogens with zero attached hydrogens (tertiary/aromatic N) is 1. The van der Waals surface area contributed by atoms with Gasteiger partial charge in [0, 0.05) is 11.6 Å². The van der Waals surface area contributed by atoms with Crippen molar-refractivity contribution >= 4 is 17.9 Å². The van der Waals surface area contributed by atoms with Crippen LogP contribution in [0.15, 0.2) is 24.3 Å². The second kappa shape index (κ2) is 11.5. The van der Waals surface area contributed by atoms with Crippen molar-refractivity contribution in [1.29, 1.82) is 0 Å². The maximum Gasteiger partial charge on any atom is 0.408 e. The molecule has 3 amide bonds. The third-order valence-corrected chi connectivity index (χ3v) is 4.87. The molecular formula is C25H41N3O5. The zero-order chi connectivity index (χ0) is 25.6. The van der Waals surface area contributed by atoms with Gasteiger partial charge in [0.2, 0.25) is 11.8 Å². The van der Waals surface area contributed by atoms with Crippen molar-refractivity contribution < 1.29 is 24.2 Å². The number of nitrogens with one attached hydrogen (secondary N) is 2. The van der Waals surface area contributed by atoms with E-state index in [0.29, 0.717) is 12.0 Å². The molecule has 0 aliphatic carbocycles. The first-order valence-electron chi connectivity index (χ1n) is 11.4. The van der Waals surface area contributed by atoms with Crippen molar-refractivity contribution in [2.75, 3.05) is 6.61 Å². The number of hydrogen-bond donors (Lipinski definition) is 3. The van der Waals surface area contributed by atoms with Crippen molar-refractivity contribution in [3.05, 3.63) is 35.4 Å². The second-order valence-corrected chi connectivity index (χ2v) is 10.4. The van der Waals surface area contributed by atoms with E-state index in [-0.39, 0.29) is 11.9 Å². The van der Waals surface area contributed by atoms with Gasteiger partial charge in [-0.3, -0.25) is 9.59 Å². The van der Waals surface area contributed by atoms with Gasteiger partial charge in [0.05, 0.1) is 6.61 Å². The summed E-state index contributed by atoms with van der Waals surface area (Å²) >= 11 is 0. The summed E-state index contributed by atoms with van der Waals surface area (Å²) in [6.07, 6.45) is -0.244. The highest BCUT2D eigenvalue weighted by atomic mass is 16.6. The summed E-state index contributed by atoms with van der Waals surface area (Å²) in [6, 6.07) is 4.87. The Morgan fingerprint density at radius 1 is 1.12 bits per heavy atom. The maximum absolute atomic E-state index is 13.7. The van der Waals surface area contributed by atoms with Crippen LogP contribution >= 0.6 is 0 Å². The predicted octanol–water partition coefficient (Wildman–Crippen LogP) is 3.46. The molecule has 0 aliphatic heterocycles. The Morgan fingerprint density at radius 2 is 1.73 bits per heavy atom. The van der Waals surface area contributed by atoms with Gasteiger partial charge in [-0.05, 0) is 67.4 Å². The molecule has 3 atom stereocenters. The highest BCUT2D eigenvalue weighted by Crippen LogP contribution is 2.27. The largest absolute Gasteiger partial charge is 0.444 e. The summed E-state index contributed by atoms with van der Waals surface area (Å²) in [5, 5.41) is 15.4. The van der Waals surface area contributed by atoms with E-state index in [1.807, 2.05) is 59.7 Å². The Morgan fingerprint density at radius 3 is 2.18 bits per heavy atom. The average molecular weight is 464 g/mol. The smallest absolute Gasteiger partial charge is 0.408 e. The van der Waals surface area contributed by atoms with Gasteiger partial charge in [-0.1, -0.05) is 36.8 Å². The summed E-state index contributed by atoms with van der Waals surface area (Å²) < 4.78 is 5.25. The van der Waals surface area contributed by atoms with Crippen molar-refractivity contribution in [2.24, 2.45) is 0 Å². The van der Waals surface area contributed by atoms with Crippen LogP contribution in [0.1, 0.15) is 79.0 Å². The number of carbonyl (C=O) groups is 3. The molecule has 0 spiro atoms. The molecule has 0 saturated carbocycles. The van der Waals surface area contributed by atoms with Crippen molar-refractivity contribution in [2.45, 2.75) is 98.0 Å². The Hall–Kier alpha value is -2.61. The van der Waals surface area contributed by atoms with Gasteiger partial charge in [0.15, 0.2) is 0 Å². The number of aliphatic hydroxyl groups is 1. The molecule has 0 heterocycles. The molecule has 3 unspecified atom stereocenters. The van der Waals surface area contributed by atoms with Crippen LogP contribution in [0.25, 0.3) is 0 Å². The fourth-order valence-electron chi connectivity index (χ4n) is 3.33. The number of amides is 3. The number of benzene rings is 1. The standard InChI is InChI=1S/C25H41N3O5/c1-10-17(3)28(22(31)19(15-29)26-23(32)33-25(7,8)9)20(21(30)27-24(4,5)6)18-13-11-12-16(2)14-18/h11-14,17,19-20,29H,10,15H2,1-9H3,(H,26,32)(H,27,30). The monoisotopic (exact) mass is 463 g/mol. The molecule has 0 radical (unpaired) electrons. The van der Waals surface area contributed by atoms with E-state index in [4.69, 9.17) is 4.74 Å². The van der Waals surface area contributed by atoms with Crippen LogP contribution in [-0.2, 0) is 14.3 Å². The third-order valence-electron chi connectivity index (χ3n) is 4.87. The topological polar surface area (TPSA) is 108 Å². The van der Waals surface area contributed by atoms with Crippen LogP contribution in [-0.4, -0.2) is 57.7 Å². The number of alkyl carbamates (subject to hydrolysis) is 1.